The first kappa shape index (κ1) is 35.3. The van der Waals surface area contributed by atoms with Crippen LogP contribution in [0.1, 0.15) is 98.0 Å². The van der Waals surface area contributed by atoms with Crippen molar-refractivity contribution in [2.45, 2.75) is 128 Å². The van der Waals surface area contributed by atoms with Crippen LogP contribution in [0.25, 0.3) is 0 Å². The largest absolute Gasteiger partial charge is 0.466 e. The lowest BCUT2D eigenvalue weighted by Gasteiger charge is -2.58. The molecule has 1 aliphatic heterocycles. The van der Waals surface area contributed by atoms with Crippen LogP contribution < -0.4 is 5.32 Å². The first-order valence-electron chi connectivity index (χ1n) is 17.5. The van der Waals surface area contributed by atoms with E-state index in [2.05, 4.69) is 27.8 Å². The summed E-state index contributed by atoms with van der Waals surface area (Å²) in [5.41, 5.74) is -0.919. The van der Waals surface area contributed by atoms with Gasteiger partial charge in [0, 0.05) is 43.7 Å². The quantitative estimate of drug-likeness (QED) is 0.307. The molecule has 12 heteroatoms. The molecule has 262 valence electrons. The van der Waals surface area contributed by atoms with Crippen LogP contribution >= 0.6 is 0 Å². The zero-order chi connectivity index (χ0) is 34.5. The Labute approximate surface area is 283 Å². The van der Waals surface area contributed by atoms with Crippen molar-refractivity contribution in [3.8, 4) is 0 Å². The minimum Gasteiger partial charge on any atom is -0.466 e. The molecule has 12 nitrogen and oxygen atoms in total. The standard InChI is InChI=1S/C36H52N6O6/c1-6-47-30(44)14-18-37-32(45)31(35(5)17-20-41(35)33(46)48-34(2,3)4)42(28-22-26(23-28)25-40-21-19-38-39-40)29(43)24-36(15-10-11-16-36)27-12-8-7-9-13-27/h7-9,12-13,19,21,26,28,31H,6,10-11,14-18,20,22-25H2,1-5H3,(H,37,45). The van der Waals surface area contributed by atoms with Gasteiger partial charge in [0.05, 0.1) is 24.8 Å². The van der Waals surface area contributed by atoms with Gasteiger partial charge in [0.15, 0.2) is 0 Å². The fourth-order valence-electron chi connectivity index (χ4n) is 7.83. The van der Waals surface area contributed by atoms with Crippen molar-refractivity contribution < 1.29 is 28.7 Å². The number of carbonyl (C=O) groups excluding carboxylic acids is 4. The zero-order valence-electron chi connectivity index (χ0n) is 29.2. The predicted molar refractivity (Wildman–Crippen MR) is 179 cm³/mol. The second-order valence-corrected chi connectivity index (χ2v) is 14.9. The molecule has 2 aliphatic carbocycles. The minimum atomic E-state index is -1.02. The number of nitrogens with one attached hydrogen (secondary N) is 1. The maximum atomic E-state index is 15.0. The van der Waals surface area contributed by atoms with Crippen LogP contribution in [0.4, 0.5) is 4.79 Å². The molecule has 5 rings (SSSR count). The normalized spacial score (nSPS) is 23.7. The Morgan fingerprint density at radius 2 is 1.79 bits per heavy atom. The zero-order valence-corrected chi connectivity index (χ0v) is 29.2. The molecule has 2 heterocycles. The van der Waals surface area contributed by atoms with E-state index < -0.39 is 29.2 Å². The summed E-state index contributed by atoms with van der Waals surface area (Å²) in [5, 5.41) is 11.0. The average Bonchev–Trinajstić information content (AvgIpc) is 3.69. The van der Waals surface area contributed by atoms with Gasteiger partial charge in [-0.2, -0.15) is 0 Å². The van der Waals surface area contributed by atoms with Crippen LogP contribution in [0.2, 0.25) is 0 Å². The Morgan fingerprint density at radius 3 is 2.38 bits per heavy atom. The van der Waals surface area contributed by atoms with Gasteiger partial charge >= 0.3 is 12.1 Å². The minimum absolute atomic E-state index is 0.00721. The van der Waals surface area contributed by atoms with E-state index in [0.717, 1.165) is 31.2 Å². The Hall–Kier alpha value is -3.96. The lowest BCUT2D eigenvalue weighted by atomic mass is 9.72. The fraction of sp³-hybridized carbons (Fsp3) is 0.667. The van der Waals surface area contributed by atoms with Gasteiger partial charge in [-0.25, -0.2) is 4.79 Å². The van der Waals surface area contributed by atoms with Gasteiger partial charge in [-0.3, -0.25) is 19.1 Å². The first-order valence-corrected chi connectivity index (χ1v) is 17.5. The molecule has 48 heavy (non-hydrogen) atoms. The van der Waals surface area contributed by atoms with Gasteiger partial charge in [-0.15, -0.1) is 5.10 Å². The second kappa shape index (κ2) is 14.7. The summed E-state index contributed by atoms with van der Waals surface area (Å²) >= 11 is 0. The first-order chi connectivity index (χ1) is 22.8. The third-order valence-corrected chi connectivity index (χ3v) is 10.4. The van der Waals surface area contributed by atoms with E-state index in [4.69, 9.17) is 9.47 Å². The molecule has 2 atom stereocenters. The molecule has 3 aliphatic rings. The average molecular weight is 665 g/mol. The molecule has 3 fully saturated rings. The van der Waals surface area contributed by atoms with Crippen molar-refractivity contribution >= 4 is 23.9 Å². The van der Waals surface area contributed by atoms with Gasteiger partial charge in [-0.05, 0) is 78.2 Å². The number of nitrogens with zero attached hydrogens (tertiary/aromatic N) is 5. The van der Waals surface area contributed by atoms with Gasteiger partial charge in [-0.1, -0.05) is 48.4 Å². The molecule has 2 aromatic rings. The molecule has 1 aromatic carbocycles. The van der Waals surface area contributed by atoms with Crippen LogP contribution in [0, 0.1) is 5.92 Å². The fourth-order valence-corrected chi connectivity index (χ4v) is 7.83. The molecular weight excluding hydrogens is 612 g/mol. The highest BCUT2D eigenvalue weighted by atomic mass is 16.6. The number of hydrogen-bond acceptors (Lipinski definition) is 8. The van der Waals surface area contributed by atoms with E-state index in [9.17, 15) is 19.2 Å². The van der Waals surface area contributed by atoms with Crippen LogP contribution in [0.15, 0.2) is 42.7 Å². The summed E-state index contributed by atoms with van der Waals surface area (Å²) < 4.78 is 12.7. The van der Waals surface area contributed by atoms with Crippen molar-refractivity contribution in [1.82, 2.24) is 30.1 Å². The molecule has 2 unspecified atom stereocenters. The van der Waals surface area contributed by atoms with E-state index in [1.165, 1.54) is 0 Å². The second-order valence-electron chi connectivity index (χ2n) is 14.9. The highest BCUT2D eigenvalue weighted by molar-refractivity contribution is 5.91. The monoisotopic (exact) mass is 664 g/mol. The van der Waals surface area contributed by atoms with E-state index in [1.54, 1.807) is 27.6 Å². The molecule has 0 spiro atoms. The Balaban J connectivity index is 1.48. The summed E-state index contributed by atoms with van der Waals surface area (Å²) in [4.78, 5) is 58.5. The van der Waals surface area contributed by atoms with E-state index in [1.807, 2.05) is 52.1 Å². The van der Waals surface area contributed by atoms with Crippen LogP contribution in [0.3, 0.4) is 0 Å². The van der Waals surface area contributed by atoms with Crippen LogP contribution in [-0.4, -0.2) is 91.6 Å². The van der Waals surface area contributed by atoms with Gasteiger partial charge < -0.3 is 24.6 Å². The highest BCUT2D eigenvalue weighted by Gasteiger charge is 2.58. The van der Waals surface area contributed by atoms with Crippen molar-refractivity contribution in [2.24, 2.45) is 5.92 Å². The van der Waals surface area contributed by atoms with Crippen LogP contribution in [0.5, 0.6) is 0 Å². The number of likely N-dealkylation sites (tertiary alicyclic amines) is 1. The van der Waals surface area contributed by atoms with Crippen molar-refractivity contribution in [2.75, 3.05) is 19.7 Å². The SMILES string of the molecule is CCOC(=O)CCNC(=O)C(N(C(=O)CC1(c2ccccc2)CCCC1)C1CC(Cn2ccnn2)C1)C1(C)CCN1C(=O)OC(C)(C)C. The number of esters is 1. The highest BCUT2D eigenvalue weighted by Crippen LogP contribution is 2.47. The molecule has 1 aromatic heterocycles. The topological polar surface area (TPSA) is 136 Å². The molecule has 1 saturated heterocycles. The number of ether oxygens (including phenoxy) is 2. The molecule has 1 N–H and O–H groups in total. The van der Waals surface area contributed by atoms with Gasteiger partial charge in [0.25, 0.3) is 0 Å². The Kier molecular flexibility index (Phi) is 10.8. The lowest BCUT2D eigenvalue weighted by molar-refractivity contribution is -0.161. The van der Waals surface area contributed by atoms with Crippen molar-refractivity contribution in [1.29, 1.82) is 0 Å². The summed E-state index contributed by atoms with van der Waals surface area (Å²) in [7, 11) is 0. The van der Waals surface area contributed by atoms with Gasteiger partial charge in [0.1, 0.15) is 11.6 Å². The van der Waals surface area contributed by atoms with E-state index >= 15 is 0 Å². The van der Waals surface area contributed by atoms with Gasteiger partial charge in [0.2, 0.25) is 11.8 Å². The van der Waals surface area contributed by atoms with Crippen molar-refractivity contribution in [3.63, 3.8) is 0 Å². The number of hydrogen-bond donors (Lipinski definition) is 1. The molecule has 2 saturated carbocycles. The lowest BCUT2D eigenvalue weighted by Crippen LogP contribution is -2.75. The molecule has 3 amide bonds. The van der Waals surface area contributed by atoms with Crippen LogP contribution in [-0.2, 0) is 35.8 Å². The Morgan fingerprint density at radius 1 is 1.08 bits per heavy atom. The maximum Gasteiger partial charge on any atom is 0.410 e. The molecule has 0 bridgehead atoms. The summed E-state index contributed by atoms with van der Waals surface area (Å²) in [5.74, 6) is -0.630. The molecule has 0 radical (unpaired) electrons. The third-order valence-electron chi connectivity index (χ3n) is 10.4. The number of rotatable bonds is 13. The summed E-state index contributed by atoms with van der Waals surface area (Å²) in [6.45, 7) is 10.4. The smallest absolute Gasteiger partial charge is 0.410 e. The number of aromatic nitrogens is 3. The number of amides is 3. The number of benzene rings is 1. The summed E-state index contributed by atoms with van der Waals surface area (Å²) in [6, 6.07) is 9.05. The predicted octanol–water partition coefficient (Wildman–Crippen LogP) is 4.62. The maximum absolute atomic E-state index is 15.0. The third kappa shape index (κ3) is 7.84. The van der Waals surface area contributed by atoms with E-state index in [0.29, 0.717) is 32.4 Å². The Bertz CT molecular complexity index is 1410. The number of carbonyl (C=O) groups is 4. The van der Waals surface area contributed by atoms with E-state index in [-0.39, 0.29) is 55.2 Å². The van der Waals surface area contributed by atoms with Crippen molar-refractivity contribution in [3.05, 3.63) is 48.3 Å². The summed E-state index contributed by atoms with van der Waals surface area (Å²) in [6.07, 6.45) is 9.02. The molecular formula is C36H52N6O6.